The zero-order valence-corrected chi connectivity index (χ0v) is 10.8. The van der Waals surface area contributed by atoms with Crippen LogP contribution < -0.4 is 0 Å². The zero-order valence-electron chi connectivity index (χ0n) is 10.8. The third kappa shape index (κ3) is 5.50. The van der Waals surface area contributed by atoms with Crippen molar-refractivity contribution in [3.05, 3.63) is 0 Å². The van der Waals surface area contributed by atoms with E-state index in [1.807, 2.05) is 0 Å². The second-order valence-electron chi connectivity index (χ2n) is 5.04. The number of aliphatic hydroxyl groups is 1. The molecule has 0 bridgehead atoms. The molecule has 1 saturated heterocycles. The standard InChI is InChI=1S/C13H25NO3/c1-2-3-4-11(13(16)17)5-8-14-9-6-12(15)7-10-14/h11-12,15H,2-10H2,1H3,(H,16,17). The predicted octanol–water partition coefficient (Wildman–Crippen LogP) is 1.72. The second-order valence-corrected chi connectivity index (χ2v) is 5.04. The first-order valence-corrected chi connectivity index (χ1v) is 6.76. The number of hydrogen-bond acceptors (Lipinski definition) is 3. The molecule has 1 heterocycles. The van der Waals surface area contributed by atoms with Crippen LogP contribution in [0, 0.1) is 5.92 Å². The molecule has 0 saturated carbocycles. The topological polar surface area (TPSA) is 60.8 Å². The van der Waals surface area contributed by atoms with Crippen molar-refractivity contribution in [3.8, 4) is 0 Å². The van der Waals surface area contributed by atoms with Crippen molar-refractivity contribution in [1.29, 1.82) is 0 Å². The van der Waals surface area contributed by atoms with E-state index in [-0.39, 0.29) is 12.0 Å². The first kappa shape index (κ1) is 14.5. The minimum absolute atomic E-state index is 0.151. The van der Waals surface area contributed by atoms with Crippen molar-refractivity contribution < 1.29 is 15.0 Å². The van der Waals surface area contributed by atoms with Crippen LogP contribution in [0.2, 0.25) is 0 Å². The number of likely N-dealkylation sites (tertiary alicyclic amines) is 1. The fourth-order valence-electron chi connectivity index (χ4n) is 2.32. The Morgan fingerprint density at radius 3 is 2.53 bits per heavy atom. The number of carbonyl (C=O) groups is 1. The van der Waals surface area contributed by atoms with Gasteiger partial charge in [0.05, 0.1) is 12.0 Å². The summed E-state index contributed by atoms with van der Waals surface area (Å²) in [7, 11) is 0. The van der Waals surface area contributed by atoms with Gasteiger partial charge in [-0.25, -0.2) is 0 Å². The lowest BCUT2D eigenvalue weighted by Gasteiger charge is -2.30. The predicted molar refractivity (Wildman–Crippen MR) is 66.9 cm³/mol. The highest BCUT2D eigenvalue weighted by Gasteiger charge is 2.21. The molecule has 0 amide bonds. The van der Waals surface area contributed by atoms with Gasteiger partial charge in [-0.1, -0.05) is 19.8 Å². The molecule has 1 aliphatic heterocycles. The Kier molecular flexibility index (Phi) is 6.52. The lowest BCUT2D eigenvalue weighted by Crippen LogP contribution is -2.37. The Morgan fingerprint density at radius 1 is 1.35 bits per heavy atom. The van der Waals surface area contributed by atoms with Crippen molar-refractivity contribution in [3.63, 3.8) is 0 Å². The molecular weight excluding hydrogens is 218 g/mol. The molecule has 0 aromatic heterocycles. The van der Waals surface area contributed by atoms with Gasteiger partial charge in [-0.15, -0.1) is 0 Å². The monoisotopic (exact) mass is 243 g/mol. The number of hydrogen-bond donors (Lipinski definition) is 2. The summed E-state index contributed by atoms with van der Waals surface area (Å²) in [5.41, 5.74) is 0. The Bertz CT molecular complexity index is 225. The van der Waals surface area contributed by atoms with Crippen LogP contribution in [0.15, 0.2) is 0 Å². The maximum atomic E-state index is 11.1. The third-order valence-corrected chi connectivity index (χ3v) is 3.61. The normalized spacial score (nSPS) is 20.4. The van der Waals surface area contributed by atoms with Crippen LogP contribution in [0.4, 0.5) is 0 Å². The highest BCUT2D eigenvalue weighted by molar-refractivity contribution is 5.69. The molecule has 1 fully saturated rings. The summed E-state index contributed by atoms with van der Waals surface area (Å²) in [6.07, 6.45) is 5.09. The molecule has 4 nitrogen and oxygen atoms in total. The van der Waals surface area contributed by atoms with Gasteiger partial charge in [-0.3, -0.25) is 4.79 Å². The first-order valence-electron chi connectivity index (χ1n) is 6.76. The molecule has 0 spiro atoms. The molecule has 2 N–H and O–H groups in total. The number of piperidine rings is 1. The summed E-state index contributed by atoms with van der Waals surface area (Å²) in [5.74, 6) is -0.850. The molecule has 0 aromatic rings. The largest absolute Gasteiger partial charge is 0.481 e. The van der Waals surface area contributed by atoms with Crippen LogP contribution in [0.25, 0.3) is 0 Å². The van der Waals surface area contributed by atoms with Gasteiger partial charge < -0.3 is 15.1 Å². The Balaban J connectivity index is 2.23. The molecular formula is C13H25NO3. The van der Waals surface area contributed by atoms with Crippen LogP contribution in [-0.2, 0) is 4.79 Å². The molecule has 1 aliphatic rings. The quantitative estimate of drug-likeness (QED) is 0.715. The highest BCUT2D eigenvalue weighted by atomic mass is 16.4. The number of rotatable bonds is 7. The smallest absolute Gasteiger partial charge is 0.306 e. The fourth-order valence-corrected chi connectivity index (χ4v) is 2.32. The van der Waals surface area contributed by atoms with E-state index in [0.29, 0.717) is 0 Å². The van der Waals surface area contributed by atoms with E-state index < -0.39 is 5.97 Å². The number of carboxylic acids is 1. The molecule has 1 rings (SSSR count). The van der Waals surface area contributed by atoms with Crippen molar-refractivity contribution in [2.24, 2.45) is 5.92 Å². The van der Waals surface area contributed by atoms with E-state index in [2.05, 4.69) is 11.8 Å². The molecule has 0 aromatic carbocycles. The summed E-state index contributed by atoms with van der Waals surface area (Å²) in [6.45, 7) is 4.75. The minimum atomic E-state index is -0.657. The number of aliphatic carboxylic acids is 1. The van der Waals surface area contributed by atoms with Crippen molar-refractivity contribution in [2.45, 2.75) is 51.6 Å². The zero-order chi connectivity index (χ0) is 12.7. The molecule has 1 atom stereocenters. The van der Waals surface area contributed by atoms with E-state index >= 15 is 0 Å². The van der Waals surface area contributed by atoms with Gasteiger partial charge in [-0.2, -0.15) is 0 Å². The number of carboxylic acid groups (broad SMARTS) is 1. The number of aliphatic hydroxyl groups excluding tert-OH is 1. The molecule has 17 heavy (non-hydrogen) atoms. The SMILES string of the molecule is CCCCC(CCN1CCC(O)CC1)C(=O)O. The number of unbranched alkanes of at least 4 members (excludes halogenated alkanes) is 1. The molecule has 100 valence electrons. The minimum Gasteiger partial charge on any atom is -0.481 e. The van der Waals surface area contributed by atoms with Crippen LogP contribution in [0.5, 0.6) is 0 Å². The van der Waals surface area contributed by atoms with Crippen LogP contribution in [0.3, 0.4) is 0 Å². The lowest BCUT2D eigenvalue weighted by atomic mass is 9.98. The average Bonchev–Trinajstić information content (AvgIpc) is 2.31. The van der Waals surface area contributed by atoms with Gasteiger partial charge >= 0.3 is 5.97 Å². The summed E-state index contributed by atoms with van der Waals surface area (Å²) in [6, 6.07) is 0. The van der Waals surface area contributed by atoms with Crippen molar-refractivity contribution in [2.75, 3.05) is 19.6 Å². The van der Waals surface area contributed by atoms with Gasteiger partial charge in [0.25, 0.3) is 0 Å². The van der Waals surface area contributed by atoms with Crippen LogP contribution in [0.1, 0.15) is 45.4 Å². The maximum absolute atomic E-state index is 11.1. The summed E-state index contributed by atoms with van der Waals surface area (Å²) in [4.78, 5) is 13.3. The van der Waals surface area contributed by atoms with Gasteiger partial charge in [0.15, 0.2) is 0 Å². The summed E-state index contributed by atoms with van der Waals surface area (Å²) < 4.78 is 0. The summed E-state index contributed by atoms with van der Waals surface area (Å²) in [5, 5.41) is 18.5. The average molecular weight is 243 g/mol. The summed E-state index contributed by atoms with van der Waals surface area (Å²) >= 11 is 0. The lowest BCUT2D eigenvalue weighted by molar-refractivity contribution is -0.142. The molecule has 0 radical (unpaired) electrons. The van der Waals surface area contributed by atoms with Gasteiger partial charge in [0.2, 0.25) is 0 Å². The van der Waals surface area contributed by atoms with E-state index in [9.17, 15) is 9.90 Å². The van der Waals surface area contributed by atoms with Gasteiger partial charge in [0.1, 0.15) is 0 Å². The number of nitrogens with zero attached hydrogens (tertiary/aromatic N) is 1. The Labute approximate surface area is 104 Å². The Morgan fingerprint density at radius 2 is 2.00 bits per heavy atom. The van der Waals surface area contributed by atoms with Gasteiger partial charge in [-0.05, 0) is 32.2 Å². The van der Waals surface area contributed by atoms with Crippen molar-refractivity contribution >= 4 is 5.97 Å². The second kappa shape index (κ2) is 7.67. The van der Waals surface area contributed by atoms with Gasteiger partial charge in [0, 0.05) is 13.1 Å². The highest BCUT2D eigenvalue weighted by Crippen LogP contribution is 2.16. The Hall–Kier alpha value is -0.610. The van der Waals surface area contributed by atoms with E-state index in [0.717, 1.165) is 58.2 Å². The van der Waals surface area contributed by atoms with Crippen LogP contribution >= 0.6 is 0 Å². The molecule has 0 aliphatic carbocycles. The first-order chi connectivity index (χ1) is 8.13. The van der Waals surface area contributed by atoms with E-state index in [1.54, 1.807) is 0 Å². The van der Waals surface area contributed by atoms with E-state index in [1.165, 1.54) is 0 Å². The molecule has 4 heteroatoms. The van der Waals surface area contributed by atoms with Crippen molar-refractivity contribution in [1.82, 2.24) is 4.90 Å². The fraction of sp³-hybridized carbons (Fsp3) is 0.923. The van der Waals surface area contributed by atoms with E-state index in [4.69, 9.17) is 5.11 Å². The maximum Gasteiger partial charge on any atom is 0.306 e. The van der Waals surface area contributed by atoms with Crippen LogP contribution in [-0.4, -0.2) is 46.8 Å². The third-order valence-electron chi connectivity index (χ3n) is 3.61. The molecule has 1 unspecified atom stereocenters.